The van der Waals surface area contributed by atoms with Gasteiger partial charge in [-0.3, -0.25) is 9.59 Å². The lowest BCUT2D eigenvalue weighted by Gasteiger charge is -2.18. The molecular formula is C52H102O4. The molecule has 0 saturated heterocycles. The molecule has 0 aromatic heterocycles. The molecule has 0 aliphatic heterocycles. The van der Waals surface area contributed by atoms with E-state index in [0.29, 0.717) is 6.42 Å². The number of carbonyl (C=O) groups is 2. The number of hydrogen-bond donors (Lipinski definition) is 1. The predicted octanol–water partition coefficient (Wildman–Crippen LogP) is 18.4. The maximum atomic E-state index is 12.8. The van der Waals surface area contributed by atoms with Crippen molar-refractivity contribution in [3.05, 3.63) is 0 Å². The zero-order valence-electron chi connectivity index (χ0n) is 38.5. The van der Waals surface area contributed by atoms with E-state index in [1.807, 2.05) is 0 Å². The Morgan fingerprint density at radius 1 is 0.321 bits per heavy atom. The number of aliphatic carboxylic acids is 1. The second-order valence-corrected chi connectivity index (χ2v) is 18.1. The van der Waals surface area contributed by atoms with Gasteiger partial charge in [-0.2, -0.15) is 0 Å². The van der Waals surface area contributed by atoms with E-state index in [0.717, 1.165) is 64.2 Å². The topological polar surface area (TPSA) is 63.6 Å². The third-order valence-electron chi connectivity index (χ3n) is 12.3. The second kappa shape index (κ2) is 48.3. The van der Waals surface area contributed by atoms with Crippen LogP contribution < -0.4 is 0 Å². The molecule has 0 bridgehead atoms. The molecule has 4 nitrogen and oxygen atoms in total. The van der Waals surface area contributed by atoms with Crippen LogP contribution in [-0.2, 0) is 14.3 Å². The van der Waals surface area contributed by atoms with Crippen molar-refractivity contribution in [2.45, 2.75) is 322 Å². The third-order valence-corrected chi connectivity index (χ3v) is 12.3. The molecule has 0 aliphatic rings. The molecule has 56 heavy (non-hydrogen) atoms. The molecule has 0 amide bonds. The van der Waals surface area contributed by atoms with Crippen molar-refractivity contribution >= 4 is 11.9 Å². The molecule has 0 aromatic rings. The SMILES string of the molecule is CCCCCCCCCCCCCCCCCCCCCCCCC(=O)OC(CCCCCCCCCCCCCCCCCC)CCCCCCCC(=O)O. The highest BCUT2D eigenvalue weighted by Crippen LogP contribution is 2.20. The minimum absolute atomic E-state index is 0.0149. The van der Waals surface area contributed by atoms with E-state index in [9.17, 15) is 9.59 Å². The first kappa shape index (κ1) is 54.9. The maximum absolute atomic E-state index is 12.8. The number of esters is 1. The maximum Gasteiger partial charge on any atom is 0.306 e. The summed E-state index contributed by atoms with van der Waals surface area (Å²) in [5.41, 5.74) is 0. The molecule has 1 atom stereocenters. The highest BCUT2D eigenvalue weighted by Gasteiger charge is 2.14. The van der Waals surface area contributed by atoms with Gasteiger partial charge < -0.3 is 9.84 Å². The zero-order chi connectivity index (χ0) is 40.7. The lowest BCUT2D eigenvalue weighted by molar-refractivity contribution is -0.150. The van der Waals surface area contributed by atoms with Crippen LogP contribution in [-0.4, -0.2) is 23.1 Å². The fourth-order valence-electron chi connectivity index (χ4n) is 8.48. The van der Waals surface area contributed by atoms with Crippen molar-refractivity contribution in [1.82, 2.24) is 0 Å². The Bertz CT molecular complexity index is 766. The summed E-state index contributed by atoms with van der Waals surface area (Å²) in [6, 6.07) is 0. The van der Waals surface area contributed by atoms with Crippen molar-refractivity contribution in [2.75, 3.05) is 0 Å². The normalized spacial score (nSPS) is 12.0. The van der Waals surface area contributed by atoms with Gasteiger partial charge in [-0.15, -0.1) is 0 Å². The molecule has 0 rings (SSSR count). The van der Waals surface area contributed by atoms with E-state index in [1.165, 1.54) is 225 Å². The van der Waals surface area contributed by atoms with Crippen LogP contribution in [0.15, 0.2) is 0 Å². The van der Waals surface area contributed by atoms with Gasteiger partial charge in [0.15, 0.2) is 0 Å². The number of carboxylic acid groups (broad SMARTS) is 1. The molecule has 4 heteroatoms. The highest BCUT2D eigenvalue weighted by atomic mass is 16.5. The van der Waals surface area contributed by atoms with E-state index in [-0.39, 0.29) is 18.5 Å². The Morgan fingerprint density at radius 3 is 0.786 bits per heavy atom. The van der Waals surface area contributed by atoms with Crippen LogP contribution in [0.3, 0.4) is 0 Å². The third kappa shape index (κ3) is 47.3. The lowest BCUT2D eigenvalue weighted by atomic mass is 10.0. The molecule has 334 valence electrons. The molecule has 0 spiro atoms. The number of rotatable bonds is 49. The quantitative estimate of drug-likeness (QED) is 0.0492. The van der Waals surface area contributed by atoms with E-state index in [1.54, 1.807) is 0 Å². The average Bonchev–Trinajstić information content (AvgIpc) is 3.19. The van der Waals surface area contributed by atoms with E-state index in [4.69, 9.17) is 9.84 Å². The van der Waals surface area contributed by atoms with Gasteiger partial charge >= 0.3 is 11.9 Å². The summed E-state index contributed by atoms with van der Waals surface area (Å²) in [6.07, 6.45) is 60.2. The van der Waals surface area contributed by atoms with Gasteiger partial charge in [0, 0.05) is 12.8 Å². The Labute approximate surface area is 352 Å². The first-order valence-corrected chi connectivity index (χ1v) is 26.0. The van der Waals surface area contributed by atoms with Crippen LogP contribution in [0, 0.1) is 0 Å². The van der Waals surface area contributed by atoms with E-state index < -0.39 is 5.97 Å². The van der Waals surface area contributed by atoms with Gasteiger partial charge in [-0.05, 0) is 38.5 Å². The number of carboxylic acids is 1. The monoisotopic (exact) mass is 791 g/mol. The van der Waals surface area contributed by atoms with Crippen LogP contribution in [0.2, 0.25) is 0 Å². The van der Waals surface area contributed by atoms with Crippen molar-refractivity contribution in [1.29, 1.82) is 0 Å². The van der Waals surface area contributed by atoms with Gasteiger partial charge in [0.1, 0.15) is 6.10 Å². The Kier molecular flexibility index (Phi) is 47.4. The fourth-order valence-corrected chi connectivity index (χ4v) is 8.48. The van der Waals surface area contributed by atoms with Crippen LogP contribution in [0.25, 0.3) is 0 Å². The number of unbranched alkanes of at least 4 members (excludes halogenated alkanes) is 40. The Morgan fingerprint density at radius 2 is 0.536 bits per heavy atom. The number of hydrogen-bond acceptors (Lipinski definition) is 3. The second-order valence-electron chi connectivity index (χ2n) is 18.1. The summed E-state index contributed by atoms with van der Waals surface area (Å²) in [4.78, 5) is 23.6. The summed E-state index contributed by atoms with van der Waals surface area (Å²) >= 11 is 0. The molecule has 1 unspecified atom stereocenters. The van der Waals surface area contributed by atoms with Crippen LogP contribution in [0.4, 0.5) is 0 Å². The lowest BCUT2D eigenvalue weighted by Crippen LogP contribution is -2.18. The molecule has 0 saturated carbocycles. The average molecular weight is 791 g/mol. The summed E-state index contributed by atoms with van der Waals surface area (Å²) in [6.45, 7) is 4.59. The molecule has 0 heterocycles. The minimum atomic E-state index is -0.693. The summed E-state index contributed by atoms with van der Waals surface area (Å²) < 4.78 is 6.06. The van der Waals surface area contributed by atoms with Crippen molar-refractivity contribution in [3.8, 4) is 0 Å². The zero-order valence-corrected chi connectivity index (χ0v) is 38.5. The van der Waals surface area contributed by atoms with Gasteiger partial charge in [-0.1, -0.05) is 264 Å². The van der Waals surface area contributed by atoms with Gasteiger partial charge in [-0.25, -0.2) is 0 Å². The fraction of sp³-hybridized carbons (Fsp3) is 0.962. The largest absolute Gasteiger partial charge is 0.481 e. The molecule has 0 radical (unpaired) electrons. The van der Waals surface area contributed by atoms with Crippen molar-refractivity contribution in [3.63, 3.8) is 0 Å². The summed E-state index contributed by atoms with van der Waals surface area (Å²) in [7, 11) is 0. The first-order valence-electron chi connectivity index (χ1n) is 26.0. The van der Waals surface area contributed by atoms with Crippen molar-refractivity contribution in [2.24, 2.45) is 0 Å². The van der Waals surface area contributed by atoms with E-state index >= 15 is 0 Å². The standard InChI is InChI=1S/C52H102O4/c1-3-5-7-9-11-13-15-17-19-21-22-23-24-25-26-28-30-32-34-36-41-45-49-52(55)56-50(47-43-39-37-40-44-48-51(53)54)46-42-38-35-33-31-29-27-20-18-16-14-12-10-8-6-4-2/h50H,3-49H2,1-2H3,(H,53,54). The molecule has 0 fully saturated rings. The highest BCUT2D eigenvalue weighted by molar-refractivity contribution is 5.69. The smallest absolute Gasteiger partial charge is 0.306 e. The Balaban J connectivity index is 3.85. The molecule has 1 N–H and O–H groups in total. The molecule has 0 aliphatic carbocycles. The van der Waals surface area contributed by atoms with Crippen molar-refractivity contribution < 1.29 is 19.4 Å². The Hall–Kier alpha value is -1.06. The number of ether oxygens (including phenoxy) is 1. The van der Waals surface area contributed by atoms with Gasteiger partial charge in [0.25, 0.3) is 0 Å². The van der Waals surface area contributed by atoms with Gasteiger partial charge in [0.2, 0.25) is 0 Å². The van der Waals surface area contributed by atoms with Crippen LogP contribution >= 0.6 is 0 Å². The molecule has 0 aromatic carbocycles. The van der Waals surface area contributed by atoms with Crippen LogP contribution in [0.1, 0.15) is 316 Å². The summed E-state index contributed by atoms with van der Waals surface area (Å²) in [5.74, 6) is -0.678. The number of carbonyl (C=O) groups excluding carboxylic acids is 1. The van der Waals surface area contributed by atoms with E-state index in [2.05, 4.69) is 13.8 Å². The molecular weight excluding hydrogens is 689 g/mol. The minimum Gasteiger partial charge on any atom is -0.481 e. The summed E-state index contributed by atoms with van der Waals surface area (Å²) in [5, 5.41) is 8.87. The van der Waals surface area contributed by atoms with Gasteiger partial charge in [0.05, 0.1) is 0 Å². The van der Waals surface area contributed by atoms with Crippen LogP contribution in [0.5, 0.6) is 0 Å². The predicted molar refractivity (Wildman–Crippen MR) is 246 cm³/mol. The first-order chi connectivity index (χ1) is 27.6.